The van der Waals surface area contributed by atoms with Gasteiger partial charge in [0.2, 0.25) is 0 Å². The quantitative estimate of drug-likeness (QED) is 0.0211. The first-order valence-corrected chi connectivity index (χ1v) is 40.0. The molecular weight excluding hydrogens is 1200 g/mol. The minimum absolute atomic E-state index is 0.181. The van der Waals surface area contributed by atoms with Crippen molar-refractivity contribution in [1.82, 2.24) is 0 Å². The predicted octanol–water partition coefficient (Wildman–Crippen LogP) is 25.8. The number of ether oxygens (including phenoxy) is 4. The number of rotatable bonds is 73. The van der Waals surface area contributed by atoms with Crippen molar-refractivity contribution in [1.29, 1.82) is 0 Å². The van der Waals surface area contributed by atoms with E-state index in [0.29, 0.717) is 23.9 Å². The molecule has 9 heteroatoms. The van der Waals surface area contributed by atoms with E-state index in [4.69, 9.17) is 18.9 Å². The molecule has 0 aliphatic carbocycles. The van der Waals surface area contributed by atoms with Gasteiger partial charge in [-0.1, -0.05) is 346 Å². The van der Waals surface area contributed by atoms with Crippen LogP contribution in [0.4, 0.5) is 0 Å². The SMILES string of the molecule is CC/C=C\C/C=C\C/C=C\C/C=C\C/C=C\C/C=C\C/C=C\C/C=C\C/C=C\C/C=C\CCCCCCCCCCC(=O)OC(COC(=O)CCCCCCCCCCCCCCCCCCCCCCC/C=C\C/C=C\CCCCCCC)COC(OCC[N+](C)(C)C)C(=O)O. The van der Waals surface area contributed by atoms with Crippen molar-refractivity contribution < 1.29 is 42.9 Å². The highest BCUT2D eigenvalue weighted by atomic mass is 16.7. The van der Waals surface area contributed by atoms with Gasteiger partial charge in [-0.2, -0.15) is 0 Å². The number of unbranched alkanes of at least 4 members (excludes halogenated alkanes) is 34. The summed E-state index contributed by atoms with van der Waals surface area (Å²) in [4.78, 5) is 37.7. The summed E-state index contributed by atoms with van der Waals surface area (Å²) in [6.45, 7) is 4.77. The van der Waals surface area contributed by atoms with Gasteiger partial charge in [0.1, 0.15) is 13.2 Å². The van der Waals surface area contributed by atoms with Crippen molar-refractivity contribution in [3.63, 3.8) is 0 Å². The van der Waals surface area contributed by atoms with Crippen molar-refractivity contribution in [3.8, 4) is 0 Å². The van der Waals surface area contributed by atoms with E-state index in [-0.39, 0.29) is 32.2 Å². The molecule has 9 nitrogen and oxygen atoms in total. The Balaban J connectivity index is 4.10. The number of carbonyl (C=O) groups excluding carboxylic acids is 2. The van der Waals surface area contributed by atoms with Crippen LogP contribution in [0.1, 0.15) is 335 Å². The summed E-state index contributed by atoms with van der Waals surface area (Å²) in [5, 5.41) is 9.77. The van der Waals surface area contributed by atoms with E-state index in [0.717, 1.165) is 116 Å². The normalized spacial score (nSPS) is 13.5. The third-order valence-electron chi connectivity index (χ3n) is 17.1. The fourth-order valence-electron chi connectivity index (χ4n) is 11.0. The van der Waals surface area contributed by atoms with E-state index >= 15 is 0 Å². The zero-order chi connectivity index (χ0) is 70.4. The third-order valence-corrected chi connectivity index (χ3v) is 17.1. The number of carboxylic acid groups (broad SMARTS) is 1. The van der Waals surface area contributed by atoms with Crippen LogP contribution in [0.2, 0.25) is 0 Å². The van der Waals surface area contributed by atoms with Gasteiger partial charge in [0, 0.05) is 12.8 Å². The highest BCUT2D eigenvalue weighted by Gasteiger charge is 2.25. The molecular formula is C88H150NO8+. The molecule has 0 aliphatic rings. The second-order valence-corrected chi connectivity index (χ2v) is 27.6. The lowest BCUT2D eigenvalue weighted by molar-refractivity contribution is -0.870. The molecule has 0 radical (unpaired) electrons. The highest BCUT2D eigenvalue weighted by Crippen LogP contribution is 2.18. The molecule has 0 bridgehead atoms. The smallest absolute Gasteiger partial charge is 0.361 e. The Kier molecular flexibility index (Phi) is 73.1. The molecule has 0 saturated carbocycles. The number of esters is 2. The van der Waals surface area contributed by atoms with Gasteiger partial charge in [0.25, 0.3) is 6.29 Å². The first-order chi connectivity index (χ1) is 47.6. The molecule has 0 aromatic carbocycles. The molecule has 1 N–H and O–H groups in total. The summed E-state index contributed by atoms with van der Waals surface area (Å²) < 4.78 is 23.0. The minimum Gasteiger partial charge on any atom is -0.477 e. The van der Waals surface area contributed by atoms with Crippen LogP contribution in [0.15, 0.2) is 146 Å². The van der Waals surface area contributed by atoms with Crippen LogP contribution < -0.4 is 0 Å². The molecule has 0 rings (SSSR count). The number of allylic oxidation sites excluding steroid dienone is 24. The predicted molar refractivity (Wildman–Crippen MR) is 419 cm³/mol. The van der Waals surface area contributed by atoms with Crippen molar-refractivity contribution >= 4 is 17.9 Å². The molecule has 2 unspecified atom stereocenters. The lowest BCUT2D eigenvalue weighted by Crippen LogP contribution is -2.40. The Morgan fingerprint density at radius 1 is 0.320 bits per heavy atom. The Bertz CT molecular complexity index is 2110. The summed E-state index contributed by atoms with van der Waals surface area (Å²) in [6.07, 6.45) is 110. The first kappa shape index (κ1) is 92.2. The van der Waals surface area contributed by atoms with E-state index in [1.807, 2.05) is 21.1 Å². The third kappa shape index (κ3) is 78.4. The molecule has 0 heterocycles. The number of likely N-dealkylation sites (N-methyl/N-ethyl adjacent to an activating group) is 1. The van der Waals surface area contributed by atoms with Gasteiger partial charge < -0.3 is 28.5 Å². The summed E-state index contributed by atoms with van der Waals surface area (Å²) in [5.74, 6) is -2.01. The average molecular weight is 1350 g/mol. The number of hydrogen-bond donors (Lipinski definition) is 1. The van der Waals surface area contributed by atoms with Crippen LogP contribution in [0, 0.1) is 0 Å². The number of quaternary nitrogens is 1. The summed E-state index contributed by atoms with van der Waals surface area (Å²) >= 11 is 0. The number of carbonyl (C=O) groups is 3. The zero-order valence-electron chi connectivity index (χ0n) is 63.4. The van der Waals surface area contributed by atoms with E-state index in [1.54, 1.807) is 0 Å². The van der Waals surface area contributed by atoms with Gasteiger partial charge in [0.15, 0.2) is 6.10 Å². The molecule has 0 saturated heterocycles. The molecule has 554 valence electrons. The largest absolute Gasteiger partial charge is 0.477 e. The maximum Gasteiger partial charge on any atom is 0.361 e. The average Bonchev–Trinajstić information content (AvgIpc) is 2.39. The van der Waals surface area contributed by atoms with Gasteiger partial charge in [-0.3, -0.25) is 9.59 Å². The van der Waals surface area contributed by atoms with Gasteiger partial charge in [-0.15, -0.1) is 0 Å². The molecule has 0 fully saturated rings. The first-order valence-electron chi connectivity index (χ1n) is 40.0. The van der Waals surface area contributed by atoms with Crippen molar-refractivity contribution in [2.45, 2.75) is 347 Å². The van der Waals surface area contributed by atoms with Crippen LogP contribution in [0.25, 0.3) is 0 Å². The summed E-state index contributed by atoms with van der Waals surface area (Å²) in [5.41, 5.74) is 0. The van der Waals surface area contributed by atoms with Crippen LogP contribution >= 0.6 is 0 Å². The Hall–Kier alpha value is -4.83. The number of nitrogens with zero attached hydrogens (tertiary/aromatic N) is 1. The maximum absolute atomic E-state index is 13.0. The number of aliphatic carboxylic acids is 1. The van der Waals surface area contributed by atoms with Gasteiger partial charge >= 0.3 is 17.9 Å². The molecule has 0 aromatic heterocycles. The number of carboxylic acids is 1. The van der Waals surface area contributed by atoms with Crippen LogP contribution in [0.5, 0.6) is 0 Å². The van der Waals surface area contributed by atoms with Gasteiger partial charge in [-0.05, 0) is 122 Å². The van der Waals surface area contributed by atoms with Gasteiger partial charge in [0.05, 0.1) is 34.4 Å². The Morgan fingerprint density at radius 2 is 0.588 bits per heavy atom. The minimum atomic E-state index is -1.52. The highest BCUT2D eigenvalue weighted by molar-refractivity contribution is 5.71. The van der Waals surface area contributed by atoms with Crippen molar-refractivity contribution in [3.05, 3.63) is 146 Å². The molecule has 0 spiro atoms. The Labute approximate surface area is 598 Å². The monoisotopic (exact) mass is 1350 g/mol. The van der Waals surface area contributed by atoms with E-state index < -0.39 is 24.3 Å². The fraction of sp³-hybridized carbons (Fsp3) is 0.693. The maximum atomic E-state index is 13.0. The second kappa shape index (κ2) is 76.9. The zero-order valence-corrected chi connectivity index (χ0v) is 63.4. The lowest BCUT2D eigenvalue weighted by atomic mass is 10.0. The van der Waals surface area contributed by atoms with E-state index in [2.05, 4.69) is 160 Å². The molecule has 0 aliphatic heterocycles. The van der Waals surface area contributed by atoms with Crippen LogP contribution in [0.3, 0.4) is 0 Å². The Morgan fingerprint density at radius 3 is 0.876 bits per heavy atom. The van der Waals surface area contributed by atoms with Crippen LogP contribution in [-0.4, -0.2) is 87.4 Å². The van der Waals surface area contributed by atoms with E-state index in [1.165, 1.54) is 186 Å². The topological polar surface area (TPSA) is 108 Å². The summed E-state index contributed by atoms with van der Waals surface area (Å²) in [7, 11) is 5.98. The van der Waals surface area contributed by atoms with Crippen molar-refractivity contribution in [2.24, 2.45) is 0 Å². The second-order valence-electron chi connectivity index (χ2n) is 27.6. The fourth-order valence-corrected chi connectivity index (χ4v) is 11.0. The lowest BCUT2D eigenvalue weighted by Gasteiger charge is -2.25. The van der Waals surface area contributed by atoms with Crippen molar-refractivity contribution in [2.75, 3.05) is 47.5 Å². The number of hydrogen-bond acceptors (Lipinski definition) is 7. The standard InChI is InChI=1S/C88H149NO8/c1-6-8-10-12-14-16-18-20-22-24-26-28-30-32-34-36-38-40-41-42-43-44-45-47-49-51-53-55-57-59-61-63-65-67-69-71-73-75-77-79-86(91)97-84(83-96-88(87(92)93)94-81-80-89(3,4)5)82-95-85(90)78-76-74-72-70-68-66-64-62-60-58-56-54-52-50-48-46-39-37-35-33-31-29-27-25-23-21-19-17-15-13-11-9-7-2/h8,10,14,16,19-22,25-28,32,34,38,40,42-43,45,47,51,53,57,59,84,88H,6-7,9,11-13,15,17-18,23-24,29-31,33,35-37,39,41,44,46,48-50,52,54-56,58,60-83H2,1-5H3/p+1/b10-8-,16-14-,21-19-,22-20-,27-25-,28-26-,34-32-,40-38-,43-42-,47-45-,53-51-,59-57-. The van der Waals surface area contributed by atoms with E-state index in [9.17, 15) is 19.5 Å². The van der Waals surface area contributed by atoms with Gasteiger partial charge in [-0.25, -0.2) is 4.79 Å². The molecule has 0 amide bonds. The summed E-state index contributed by atoms with van der Waals surface area (Å²) in [6, 6.07) is 0. The van der Waals surface area contributed by atoms with Crippen LogP contribution in [-0.2, 0) is 33.3 Å². The molecule has 97 heavy (non-hydrogen) atoms. The molecule has 2 atom stereocenters. The molecule has 0 aromatic rings.